The van der Waals surface area contributed by atoms with Crippen molar-refractivity contribution in [3.05, 3.63) is 59.7 Å². The Balaban J connectivity index is 1.75. The van der Waals surface area contributed by atoms with Crippen molar-refractivity contribution in [2.45, 2.75) is 25.9 Å². The summed E-state index contributed by atoms with van der Waals surface area (Å²) in [5.74, 6) is -0.583. The lowest BCUT2D eigenvalue weighted by atomic mass is 9.94. The van der Waals surface area contributed by atoms with Gasteiger partial charge in [0.05, 0.1) is 24.2 Å². The Morgan fingerprint density at radius 3 is 2.83 bits per heavy atom. The van der Waals surface area contributed by atoms with Crippen LogP contribution in [-0.2, 0) is 16.1 Å². The summed E-state index contributed by atoms with van der Waals surface area (Å²) < 4.78 is 0. The highest BCUT2D eigenvalue weighted by Gasteiger charge is 2.42. The number of hydrogen-bond donors (Lipinski definition) is 1. The maximum Gasteiger partial charge on any atom is 0.226 e. The van der Waals surface area contributed by atoms with Gasteiger partial charge in [0.1, 0.15) is 0 Å². The number of carbonyl (C=O) groups excluding carboxylic acids is 2. The molecule has 3 heterocycles. The van der Waals surface area contributed by atoms with Gasteiger partial charge in [-0.1, -0.05) is 12.1 Å². The Morgan fingerprint density at radius 1 is 1.33 bits per heavy atom. The molecule has 0 aliphatic carbocycles. The molecule has 1 saturated heterocycles. The summed E-state index contributed by atoms with van der Waals surface area (Å²) in [6.45, 7) is 2.32. The zero-order chi connectivity index (χ0) is 17.1. The van der Waals surface area contributed by atoms with Crippen molar-refractivity contribution in [2.24, 2.45) is 5.92 Å². The number of hydrogen-bond acceptors (Lipinski definition) is 4. The van der Waals surface area contributed by atoms with Crippen molar-refractivity contribution in [3.8, 4) is 0 Å². The van der Waals surface area contributed by atoms with E-state index in [0.717, 1.165) is 16.8 Å². The van der Waals surface area contributed by atoms with Gasteiger partial charge in [-0.25, -0.2) is 0 Å². The van der Waals surface area contributed by atoms with Crippen molar-refractivity contribution < 1.29 is 9.59 Å². The van der Waals surface area contributed by atoms with Gasteiger partial charge in [0.25, 0.3) is 0 Å². The van der Waals surface area contributed by atoms with Gasteiger partial charge in [-0.2, -0.15) is 0 Å². The van der Waals surface area contributed by atoms with E-state index in [9.17, 15) is 9.59 Å². The Labute approximate surface area is 140 Å². The Kier molecular flexibility index (Phi) is 4.55. The number of pyridine rings is 2. The van der Waals surface area contributed by atoms with Crippen LogP contribution in [0, 0.1) is 12.8 Å². The molecule has 0 saturated carbocycles. The van der Waals surface area contributed by atoms with E-state index in [4.69, 9.17) is 0 Å². The molecule has 24 heavy (non-hydrogen) atoms. The van der Waals surface area contributed by atoms with Gasteiger partial charge >= 0.3 is 0 Å². The number of carbonyl (C=O) groups is 2. The van der Waals surface area contributed by atoms with Crippen LogP contribution in [0.25, 0.3) is 0 Å². The van der Waals surface area contributed by atoms with Gasteiger partial charge in [0.2, 0.25) is 11.8 Å². The van der Waals surface area contributed by atoms with Gasteiger partial charge < -0.3 is 10.2 Å². The lowest BCUT2D eigenvalue weighted by Gasteiger charge is -2.24. The number of rotatable bonds is 4. The van der Waals surface area contributed by atoms with Crippen molar-refractivity contribution >= 4 is 11.8 Å². The largest absolute Gasteiger partial charge is 0.350 e. The first-order valence-corrected chi connectivity index (χ1v) is 7.91. The molecule has 2 aromatic rings. The minimum Gasteiger partial charge on any atom is -0.350 e. The third-order valence-electron chi connectivity index (χ3n) is 4.50. The lowest BCUT2D eigenvalue weighted by molar-refractivity contribution is -0.128. The Morgan fingerprint density at radius 2 is 2.12 bits per heavy atom. The minimum absolute atomic E-state index is 0.0296. The van der Waals surface area contributed by atoms with Gasteiger partial charge in [0, 0.05) is 32.1 Å². The number of likely N-dealkylation sites (tertiary alicyclic amines) is 1. The molecule has 1 aliphatic rings. The third kappa shape index (κ3) is 3.13. The monoisotopic (exact) mass is 324 g/mol. The van der Waals surface area contributed by atoms with Crippen molar-refractivity contribution in [1.29, 1.82) is 0 Å². The van der Waals surface area contributed by atoms with Gasteiger partial charge in [0.15, 0.2) is 0 Å². The molecule has 0 unspecified atom stereocenters. The van der Waals surface area contributed by atoms with Gasteiger partial charge in [-0.15, -0.1) is 0 Å². The zero-order valence-corrected chi connectivity index (χ0v) is 13.8. The minimum atomic E-state index is -0.421. The molecule has 0 radical (unpaired) electrons. The van der Waals surface area contributed by atoms with E-state index in [2.05, 4.69) is 15.3 Å². The molecular weight excluding hydrogens is 304 g/mol. The standard InChI is InChI=1S/C18H20N4O2/c1-12-5-3-8-20-15(12)11-21-18(24)14-9-16(23)22(2)17(14)13-6-4-7-19-10-13/h3-8,10,14,17H,9,11H2,1-2H3,(H,21,24)/t14-,17-/m0/s1. The molecule has 0 aromatic carbocycles. The second-order valence-corrected chi connectivity index (χ2v) is 6.03. The zero-order valence-electron chi connectivity index (χ0n) is 13.8. The summed E-state index contributed by atoms with van der Waals surface area (Å²) in [5.41, 5.74) is 2.74. The molecule has 2 aromatic heterocycles. The van der Waals surface area contributed by atoms with Crippen molar-refractivity contribution in [3.63, 3.8) is 0 Å². The SMILES string of the molecule is Cc1cccnc1CNC(=O)[C@H]1CC(=O)N(C)[C@H]1c1cccnc1. The van der Waals surface area contributed by atoms with Crippen LogP contribution in [0.2, 0.25) is 0 Å². The van der Waals surface area contributed by atoms with E-state index in [-0.39, 0.29) is 24.3 Å². The highest BCUT2D eigenvalue weighted by atomic mass is 16.2. The van der Waals surface area contributed by atoms with Crippen LogP contribution in [0.5, 0.6) is 0 Å². The predicted molar refractivity (Wildman–Crippen MR) is 88.7 cm³/mol. The average molecular weight is 324 g/mol. The van der Waals surface area contributed by atoms with Crippen LogP contribution in [0.3, 0.4) is 0 Å². The Hall–Kier alpha value is -2.76. The van der Waals surface area contributed by atoms with Gasteiger partial charge in [-0.3, -0.25) is 19.6 Å². The molecule has 1 N–H and O–H groups in total. The summed E-state index contributed by atoms with van der Waals surface area (Å²) in [4.78, 5) is 34.8. The Bertz CT molecular complexity index is 748. The summed E-state index contributed by atoms with van der Waals surface area (Å²) in [6, 6.07) is 7.26. The van der Waals surface area contributed by atoms with E-state index < -0.39 is 5.92 Å². The fraction of sp³-hybridized carbons (Fsp3) is 0.333. The molecule has 6 heteroatoms. The summed E-state index contributed by atoms with van der Waals surface area (Å²) in [5, 5.41) is 2.92. The normalized spacial score (nSPS) is 20.2. The van der Waals surface area contributed by atoms with Crippen LogP contribution in [0.4, 0.5) is 0 Å². The molecule has 1 fully saturated rings. The van der Waals surface area contributed by atoms with Crippen molar-refractivity contribution in [1.82, 2.24) is 20.2 Å². The van der Waals surface area contributed by atoms with E-state index >= 15 is 0 Å². The third-order valence-corrected chi connectivity index (χ3v) is 4.50. The van der Waals surface area contributed by atoms with Crippen LogP contribution in [-0.4, -0.2) is 33.7 Å². The molecule has 3 rings (SSSR count). The number of nitrogens with zero attached hydrogens (tertiary/aromatic N) is 3. The second-order valence-electron chi connectivity index (χ2n) is 6.03. The fourth-order valence-electron chi connectivity index (χ4n) is 3.12. The molecule has 1 aliphatic heterocycles. The first-order chi connectivity index (χ1) is 11.6. The summed E-state index contributed by atoms with van der Waals surface area (Å²) >= 11 is 0. The number of aromatic nitrogens is 2. The van der Waals surface area contributed by atoms with E-state index in [1.165, 1.54) is 0 Å². The first kappa shape index (κ1) is 16.1. The second kappa shape index (κ2) is 6.78. The van der Waals surface area contributed by atoms with E-state index in [1.54, 1.807) is 30.5 Å². The topological polar surface area (TPSA) is 75.2 Å². The summed E-state index contributed by atoms with van der Waals surface area (Å²) in [6.07, 6.45) is 5.31. The maximum absolute atomic E-state index is 12.7. The van der Waals surface area contributed by atoms with Crippen LogP contribution in [0.15, 0.2) is 42.9 Å². The van der Waals surface area contributed by atoms with Crippen molar-refractivity contribution in [2.75, 3.05) is 7.05 Å². The molecule has 124 valence electrons. The van der Waals surface area contributed by atoms with Crippen LogP contribution in [0.1, 0.15) is 29.3 Å². The van der Waals surface area contributed by atoms with E-state index in [1.807, 2.05) is 31.2 Å². The van der Waals surface area contributed by atoms with Crippen LogP contribution >= 0.6 is 0 Å². The molecule has 2 amide bonds. The smallest absolute Gasteiger partial charge is 0.226 e. The quantitative estimate of drug-likeness (QED) is 0.927. The molecule has 0 spiro atoms. The van der Waals surface area contributed by atoms with Gasteiger partial charge in [-0.05, 0) is 30.2 Å². The number of nitrogens with one attached hydrogen (secondary N) is 1. The first-order valence-electron chi connectivity index (χ1n) is 7.91. The predicted octanol–water partition coefficient (Wildman–Crippen LogP) is 1.62. The highest BCUT2D eigenvalue weighted by Crippen LogP contribution is 2.36. The molecular formula is C18H20N4O2. The number of aryl methyl sites for hydroxylation is 1. The molecule has 6 nitrogen and oxygen atoms in total. The molecule has 0 bridgehead atoms. The number of amides is 2. The lowest BCUT2D eigenvalue weighted by Crippen LogP contribution is -2.34. The fourth-order valence-corrected chi connectivity index (χ4v) is 3.12. The highest BCUT2D eigenvalue weighted by molar-refractivity contribution is 5.90. The maximum atomic E-state index is 12.7. The van der Waals surface area contributed by atoms with Crippen LogP contribution < -0.4 is 5.32 Å². The summed E-state index contributed by atoms with van der Waals surface area (Å²) in [7, 11) is 1.73. The van der Waals surface area contributed by atoms with E-state index in [0.29, 0.717) is 6.54 Å². The molecule has 2 atom stereocenters. The average Bonchev–Trinajstić information content (AvgIpc) is 2.90.